The second-order valence-electron chi connectivity index (χ2n) is 4.96. The molecule has 7 nitrogen and oxygen atoms in total. The summed E-state index contributed by atoms with van der Waals surface area (Å²) < 4.78 is 3.80. The monoisotopic (exact) mass is 274 g/mol. The summed E-state index contributed by atoms with van der Waals surface area (Å²) in [6.45, 7) is 5.01. The molecule has 1 aliphatic heterocycles. The van der Waals surface area contributed by atoms with Crippen LogP contribution in [-0.2, 0) is 13.1 Å². The molecule has 0 spiro atoms. The number of carbonyl (C=O) groups is 1. The van der Waals surface area contributed by atoms with Crippen LogP contribution in [0.5, 0.6) is 0 Å². The van der Waals surface area contributed by atoms with Crippen LogP contribution in [0.3, 0.4) is 0 Å². The Bertz CT molecular complexity index is 591. The number of aryl methyl sites for hydroxylation is 2. The summed E-state index contributed by atoms with van der Waals surface area (Å²) in [6.07, 6.45) is 6.61. The molecule has 0 fully saturated rings. The standard InChI is InChI=1S/C13H18N6O/c1-10-7-16-19(8-10)6-4-14-12(20)11-9-18-5-2-3-15-13(18)17-11/h7-9H,2-6H2,1H3,(H,14,20)(H,15,17). The van der Waals surface area contributed by atoms with Gasteiger partial charge < -0.3 is 15.2 Å². The van der Waals surface area contributed by atoms with Crippen LogP contribution in [0.25, 0.3) is 0 Å². The van der Waals surface area contributed by atoms with Crippen LogP contribution in [0.4, 0.5) is 5.95 Å². The lowest BCUT2D eigenvalue weighted by Gasteiger charge is -2.14. The number of imidazole rings is 1. The fourth-order valence-corrected chi connectivity index (χ4v) is 2.25. The first-order valence-electron chi connectivity index (χ1n) is 6.81. The molecule has 7 heteroatoms. The minimum Gasteiger partial charge on any atom is -0.356 e. The van der Waals surface area contributed by atoms with E-state index in [1.165, 1.54) is 0 Å². The Balaban J connectivity index is 1.55. The quantitative estimate of drug-likeness (QED) is 0.857. The van der Waals surface area contributed by atoms with Crippen molar-refractivity contribution in [1.82, 2.24) is 24.6 Å². The predicted octanol–water partition coefficient (Wildman–Crippen LogP) is 0.634. The third kappa shape index (κ3) is 2.66. The molecule has 0 aliphatic carbocycles. The maximum absolute atomic E-state index is 12.0. The lowest BCUT2D eigenvalue weighted by molar-refractivity contribution is 0.0947. The van der Waals surface area contributed by atoms with Gasteiger partial charge >= 0.3 is 0 Å². The number of aromatic nitrogens is 4. The fourth-order valence-electron chi connectivity index (χ4n) is 2.25. The van der Waals surface area contributed by atoms with Gasteiger partial charge in [-0.15, -0.1) is 0 Å². The van der Waals surface area contributed by atoms with Gasteiger partial charge in [0.15, 0.2) is 0 Å². The Hall–Kier alpha value is -2.31. The first kappa shape index (κ1) is 12.7. The van der Waals surface area contributed by atoms with E-state index in [4.69, 9.17) is 0 Å². The molecule has 3 heterocycles. The van der Waals surface area contributed by atoms with Crippen molar-refractivity contribution in [3.8, 4) is 0 Å². The molecule has 2 aromatic rings. The summed E-state index contributed by atoms with van der Waals surface area (Å²) in [5.41, 5.74) is 1.58. The largest absolute Gasteiger partial charge is 0.356 e. The van der Waals surface area contributed by atoms with E-state index in [-0.39, 0.29) is 5.91 Å². The second kappa shape index (κ2) is 5.36. The topological polar surface area (TPSA) is 76.8 Å². The van der Waals surface area contributed by atoms with Gasteiger partial charge in [-0.25, -0.2) is 4.98 Å². The second-order valence-corrected chi connectivity index (χ2v) is 4.96. The Morgan fingerprint density at radius 1 is 1.50 bits per heavy atom. The lowest BCUT2D eigenvalue weighted by atomic mass is 10.4. The van der Waals surface area contributed by atoms with Crippen molar-refractivity contribution in [3.05, 3.63) is 29.8 Å². The van der Waals surface area contributed by atoms with Crippen molar-refractivity contribution < 1.29 is 4.79 Å². The highest BCUT2D eigenvalue weighted by atomic mass is 16.1. The predicted molar refractivity (Wildman–Crippen MR) is 74.6 cm³/mol. The van der Waals surface area contributed by atoms with E-state index in [9.17, 15) is 4.79 Å². The van der Waals surface area contributed by atoms with Gasteiger partial charge in [-0.2, -0.15) is 5.10 Å². The molecular formula is C13H18N6O. The van der Waals surface area contributed by atoms with Gasteiger partial charge in [0.05, 0.1) is 12.7 Å². The Labute approximate surface area is 117 Å². The van der Waals surface area contributed by atoms with E-state index in [0.717, 1.165) is 31.0 Å². The molecule has 0 saturated carbocycles. The van der Waals surface area contributed by atoms with E-state index >= 15 is 0 Å². The van der Waals surface area contributed by atoms with Gasteiger partial charge in [0.25, 0.3) is 5.91 Å². The number of carbonyl (C=O) groups excluding carboxylic acids is 1. The van der Waals surface area contributed by atoms with E-state index < -0.39 is 0 Å². The highest BCUT2D eigenvalue weighted by Gasteiger charge is 2.15. The maximum Gasteiger partial charge on any atom is 0.271 e. The molecule has 20 heavy (non-hydrogen) atoms. The Kier molecular flexibility index (Phi) is 3.41. The first-order chi connectivity index (χ1) is 9.72. The molecule has 0 radical (unpaired) electrons. The summed E-state index contributed by atoms with van der Waals surface area (Å²) >= 11 is 0. The average Bonchev–Trinajstić information content (AvgIpc) is 3.04. The first-order valence-corrected chi connectivity index (χ1v) is 6.81. The third-order valence-electron chi connectivity index (χ3n) is 3.26. The van der Waals surface area contributed by atoms with Gasteiger partial charge in [0.2, 0.25) is 5.95 Å². The number of nitrogens with zero attached hydrogens (tertiary/aromatic N) is 4. The van der Waals surface area contributed by atoms with Gasteiger partial charge in [-0.05, 0) is 18.9 Å². The van der Waals surface area contributed by atoms with Gasteiger partial charge in [-0.3, -0.25) is 9.48 Å². The summed E-state index contributed by atoms with van der Waals surface area (Å²) in [7, 11) is 0. The molecule has 0 saturated heterocycles. The van der Waals surface area contributed by atoms with E-state index in [1.807, 2.05) is 22.4 Å². The lowest BCUT2D eigenvalue weighted by Crippen LogP contribution is -2.27. The van der Waals surface area contributed by atoms with Crippen LogP contribution < -0.4 is 10.6 Å². The minimum atomic E-state index is -0.141. The summed E-state index contributed by atoms with van der Waals surface area (Å²) in [4.78, 5) is 16.3. The maximum atomic E-state index is 12.0. The Morgan fingerprint density at radius 3 is 3.15 bits per heavy atom. The van der Waals surface area contributed by atoms with Gasteiger partial charge in [-0.1, -0.05) is 0 Å². The highest BCUT2D eigenvalue weighted by Crippen LogP contribution is 2.13. The van der Waals surface area contributed by atoms with Crippen LogP contribution in [0, 0.1) is 6.92 Å². The highest BCUT2D eigenvalue weighted by molar-refractivity contribution is 5.92. The number of anilines is 1. The van der Waals surface area contributed by atoms with Crippen LogP contribution >= 0.6 is 0 Å². The number of fused-ring (bicyclic) bond motifs is 1. The van der Waals surface area contributed by atoms with Crippen LogP contribution in [0.15, 0.2) is 18.6 Å². The van der Waals surface area contributed by atoms with Crippen LogP contribution in [-0.4, -0.2) is 38.3 Å². The van der Waals surface area contributed by atoms with Crippen LogP contribution in [0.1, 0.15) is 22.5 Å². The van der Waals surface area contributed by atoms with Gasteiger partial charge in [0, 0.05) is 32.0 Å². The summed E-state index contributed by atoms with van der Waals surface area (Å²) in [6, 6.07) is 0. The van der Waals surface area contributed by atoms with Crippen molar-refractivity contribution >= 4 is 11.9 Å². The normalized spacial score (nSPS) is 13.7. The number of nitrogens with one attached hydrogen (secondary N) is 2. The molecule has 3 rings (SSSR count). The molecule has 2 N–H and O–H groups in total. The van der Waals surface area contributed by atoms with Crippen molar-refractivity contribution in [1.29, 1.82) is 0 Å². The Morgan fingerprint density at radius 2 is 2.40 bits per heavy atom. The van der Waals surface area contributed by atoms with E-state index in [0.29, 0.717) is 18.8 Å². The van der Waals surface area contributed by atoms with Gasteiger partial charge in [0.1, 0.15) is 5.69 Å². The molecule has 1 amide bonds. The average molecular weight is 274 g/mol. The molecule has 1 aliphatic rings. The zero-order chi connectivity index (χ0) is 13.9. The summed E-state index contributed by atoms with van der Waals surface area (Å²) in [5, 5.41) is 10.2. The van der Waals surface area contributed by atoms with E-state index in [1.54, 1.807) is 12.4 Å². The molecule has 2 aromatic heterocycles. The summed E-state index contributed by atoms with van der Waals surface area (Å²) in [5.74, 6) is 0.640. The molecule has 0 aromatic carbocycles. The zero-order valence-electron chi connectivity index (χ0n) is 11.5. The van der Waals surface area contributed by atoms with Crippen molar-refractivity contribution in [2.24, 2.45) is 0 Å². The molecule has 0 bridgehead atoms. The van der Waals surface area contributed by atoms with Crippen molar-refractivity contribution in [3.63, 3.8) is 0 Å². The molecular weight excluding hydrogens is 256 g/mol. The van der Waals surface area contributed by atoms with Crippen molar-refractivity contribution in [2.45, 2.75) is 26.4 Å². The van der Waals surface area contributed by atoms with Crippen LogP contribution in [0.2, 0.25) is 0 Å². The smallest absolute Gasteiger partial charge is 0.271 e. The number of hydrogen-bond acceptors (Lipinski definition) is 4. The zero-order valence-corrected chi connectivity index (χ0v) is 11.5. The fraction of sp³-hybridized carbons (Fsp3) is 0.462. The number of amides is 1. The number of hydrogen-bond donors (Lipinski definition) is 2. The number of rotatable bonds is 4. The molecule has 0 atom stereocenters. The molecule has 0 unspecified atom stereocenters. The third-order valence-corrected chi connectivity index (χ3v) is 3.26. The molecule has 106 valence electrons. The van der Waals surface area contributed by atoms with Crippen molar-refractivity contribution in [2.75, 3.05) is 18.4 Å². The minimum absolute atomic E-state index is 0.141. The van der Waals surface area contributed by atoms with E-state index in [2.05, 4.69) is 20.7 Å². The SMILES string of the molecule is Cc1cnn(CCNC(=O)c2cn3c(n2)NCCC3)c1.